The number of carbonyl (C=O) groups excluding carboxylic acids is 2. The Hall–Kier alpha value is -1.90. The third kappa shape index (κ3) is 2.86. The maximum Gasteiger partial charge on any atom is 0.185 e. The average molecular weight is 189 g/mol. The van der Waals surface area contributed by atoms with Crippen molar-refractivity contribution in [2.75, 3.05) is 0 Å². The van der Waals surface area contributed by atoms with E-state index < -0.39 is 5.97 Å². The van der Waals surface area contributed by atoms with Gasteiger partial charge in [-0.3, -0.25) is 4.79 Å². The van der Waals surface area contributed by atoms with E-state index in [1.165, 1.54) is 0 Å². The molecule has 72 valence electrons. The summed E-state index contributed by atoms with van der Waals surface area (Å²) < 4.78 is 0. The van der Waals surface area contributed by atoms with Crippen LogP contribution in [-0.4, -0.2) is 11.8 Å². The van der Waals surface area contributed by atoms with E-state index in [1.54, 1.807) is 24.3 Å². The number of ketones is 1. The Labute approximate surface area is 81.7 Å². The largest absolute Gasteiger partial charge is 0.545 e. The molecule has 3 nitrogen and oxygen atoms in total. The summed E-state index contributed by atoms with van der Waals surface area (Å²) in [4.78, 5) is 21.3. The van der Waals surface area contributed by atoms with Gasteiger partial charge < -0.3 is 9.90 Å². The lowest BCUT2D eigenvalue weighted by Gasteiger charge is -1.96. The van der Waals surface area contributed by atoms with Crippen molar-refractivity contribution in [3.8, 4) is 0 Å². The van der Waals surface area contributed by atoms with Gasteiger partial charge in [0.25, 0.3) is 0 Å². The number of carboxylic acids is 1. The zero-order chi connectivity index (χ0) is 10.6. The number of carbonyl (C=O) groups is 2. The number of rotatable bonds is 3. The molecule has 0 N–H and O–H groups in total. The average Bonchev–Trinajstić information content (AvgIpc) is 2.15. The summed E-state index contributed by atoms with van der Waals surface area (Å²) in [5.41, 5.74) is 1.51. The molecular weight excluding hydrogens is 180 g/mol. The predicted octanol–water partition coefficient (Wildman–Crippen LogP) is 0.484. The van der Waals surface area contributed by atoms with E-state index in [0.717, 1.165) is 17.7 Å². The lowest BCUT2D eigenvalue weighted by atomic mass is 10.1. The van der Waals surface area contributed by atoms with Gasteiger partial charge in [0.05, 0.1) is 5.97 Å². The molecule has 0 aliphatic heterocycles. The zero-order valence-electron chi connectivity index (χ0n) is 7.69. The second kappa shape index (κ2) is 4.37. The Morgan fingerprint density at radius 1 is 1.14 bits per heavy atom. The van der Waals surface area contributed by atoms with Gasteiger partial charge in [-0.15, -0.1) is 0 Å². The number of allylic oxidation sites excluding steroid dienone is 1. The molecular formula is C11H9O3-. The topological polar surface area (TPSA) is 57.2 Å². The van der Waals surface area contributed by atoms with Crippen molar-refractivity contribution < 1.29 is 14.7 Å². The number of hydrogen-bond donors (Lipinski definition) is 0. The molecule has 0 bridgehead atoms. The van der Waals surface area contributed by atoms with E-state index in [2.05, 4.69) is 0 Å². The van der Waals surface area contributed by atoms with Gasteiger partial charge in [0.1, 0.15) is 0 Å². The highest BCUT2D eigenvalue weighted by molar-refractivity contribution is 6.06. The highest BCUT2D eigenvalue weighted by atomic mass is 16.4. The van der Waals surface area contributed by atoms with Crippen molar-refractivity contribution in [3.63, 3.8) is 0 Å². The van der Waals surface area contributed by atoms with E-state index in [9.17, 15) is 14.7 Å². The van der Waals surface area contributed by atoms with Crippen molar-refractivity contribution in [2.45, 2.75) is 6.92 Å². The number of benzene rings is 1. The molecule has 3 heteroatoms. The molecule has 0 aromatic heterocycles. The lowest BCUT2D eigenvalue weighted by molar-refractivity contribution is -0.297. The molecule has 0 spiro atoms. The first-order valence-electron chi connectivity index (χ1n) is 4.09. The SMILES string of the molecule is Cc1ccc(C(=O)C=CC(=O)[O-])cc1. The molecule has 0 radical (unpaired) electrons. The molecule has 14 heavy (non-hydrogen) atoms. The van der Waals surface area contributed by atoms with Crippen LogP contribution in [0.5, 0.6) is 0 Å². The maximum atomic E-state index is 11.3. The molecule has 0 heterocycles. The maximum absolute atomic E-state index is 11.3. The van der Waals surface area contributed by atoms with Crippen molar-refractivity contribution >= 4 is 11.8 Å². The molecule has 1 aromatic rings. The summed E-state index contributed by atoms with van der Waals surface area (Å²) in [6, 6.07) is 6.88. The second-order valence-corrected chi connectivity index (χ2v) is 2.88. The first-order chi connectivity index (χ1) is 6.59. The van der Waals surface area contributed by atoms with Crippen LogP contribution in [0.1, 0.15) is 15.9 Å². The second-order valence-electron chi connectivity index (χ2n) is 2.88. The molecule has 0 fully saturated rings. The van der Waals surface area contributed by atoms with Crippen molar-refractivity contribution in [1.29, 1.82) is 0 Å². The summed E-state index contributed by atoms with van der Waals surface area (Å²) in [7, 11) is 0. The minimum Gasteiger partial charge on any atom is -0.545 e. The molecule has 0 aliphatic carbocycles. The van der Waals surface area contributed by atoms with Gasteiger partial charge in [-0.25, -0.2) is 0 Å². The van der Waals surface area contributed by atoms with Crippen LogP contribution in [0.2, 0.25) is 0 Å². The third-order valence-electron chi connectivity index (χ3n) is 1.71. The highest BCUT2D eigenvalue weighted by Crippen LogP contribution is 2.04. The molecule has 0 amide bonds. The van der Waals surface area contributed by atoms with Crippen molar-refractivity contribution in [1.82, 2.24) is 0 Å². The molecule has 0 saturated heterocycles. The van der Waals surface area contributed by atoms with Gasteiger partial charge in [-0.1, -0.05) is 29.8 Å². The van der Waals surface area contributed by atoms with Crippen LogP contribution in [0.15, 0.2) is 36.4 Å². The smallest absolute Gasteiger partial charge is 0.185 e. The van der Waals surface area contributed by atoms with Gasteiger partial charge in [-0.2, -0.15) is 0 Å². The molecule has 0 aliphatic rings. The van der Waals surface area contributed by atoms with Crippen LogP contribution in [0.25, 0.3) is 0 Å². The van der Waals surface area contributed by atoms with Crippen LogP contribution < -0.4 is 5.11 Å². The van der Waals surface area contributed by atoms with Gasteiger partial charge in [0.2, 0.25) is 0 Å². The van der Waals surface area contributed by atoms with Crippen molar-refractivity contribution in [2.24, 2.45) is 0 Å². The first-order valence-corrected chi connectivity index (χ1v) is 4.09. The zero-order valence-corrected chi connectivity index (χ0v) is 7.69. The molecule has 0 saturated carbocycles. The fourth-order valence-electron chi connectivity index (χ4n) is 0.958. The predicted molar refractivity (Wildman–Crippen MR) is 49.7 cm³/mol. The van der Waals surface area contributed by atoms with E-state index in [-0.39, 0.29) is 5.78 Å². The van der Waals surface area contributed by atoms with Gasteiger partial charge in [-0.05, 0) is 19.1 Å². The number of carboxylic acid groups (broad SMARTS) is 1. The molecule has 0 atom stereocenters. The minimum absolute atomic E-state index is 0.339. The molecule has 1 rings (SSSR count). The van der Waals surface area contributed by atoms with Crippen LogP contribution in [0, 0.1) is 6.92 Å². The first kappa shape index (κ1) is 10.2. The number of hydrogen-bond acceptors (Lipinski definition) is 3. The molecule has 0 unspecified atom stereocenters. The third-order valence-corrected chi connectivity index (χ3v) is 1.71. The minimum atomic E-state index is -1.37. The highest BCUT2D eigenvalue weighted by Gasteiger charge is 1.99. The van der Waals surface area contributed by atoms with Crippen molar-refractivity contribution in [3.05, 3.63) is 47.5 Å². The van der Waals surface area contributed by atoms with Gasteiger partial charge in [0.15, 0.2) is 5.78 Å². The van der Waals surface area contributed by atoms with E-state index in [1.807, 2.05) is 6.92 Å². The van der Waals surface area contributed by atoms with Gasteiger partial charge in [0, 0.05) is 5.56 Å². The van der Waals surface area contributed by atoms with Crippen LogP contribution >= 0.6 is 0 Å². The Kier molecular flexibility index (Phi) is 3.18. The Morgan fingerprint density at radius 2 is 1.71 bits per heavy atom. The normalized spacial score (nSPS) is 10.4. The fraction of sp³-hybridized carbons (Fsp3) is 0.0909. The van der Waals surface area contributed by atoms with Gasteiger partial charge >= 0.3 is 0 Å². The number of aliphatic carboxylic acids is 1. The Balaban J connectivity index is 2.80. The standard InChI is InChI=1S/C11H10O3/c1-8-2-4-9(5-3-8)10(12)6-7-11(13)14/h2-7H,1H3,(H,13,14)/p-1. The Morgan fingerprint density at radius 3 is 2.21 bits per heavy atom. The lowest BCUT2D eigenvalue weighted by Crippen LogP contribution is -2.19. The Bertz CT molecular complexity index is 374. The number of aryl methyl sites for hydroxylation is 1. The summed E-state index contributed by atoms with van der Waals surface area (Å²) in [5.74, 6) is -1.71. The summed E-state index contributed by atoms with van der Waals surface area (Å²) in [5, 5.41) is 10.0. The van der Waals surface area contributed by atoms with E-state index in [0.29, 0.717) is 5.56 Å². The quantitative estimate of drug-likeness (QED) is 0.513. The monoisotopic (exact) mass is 189 g/mol. The van der Waals surface area contributed by atoms with Crippen LogP contribution in [0.4, 0.5) is 0 Å². The summed E-state index contributed by atoms with van der Waals surface area (Å²) in [6.45, 7) is 1.91. The molecule has 1 aromatic carbocycles. The summed E-state index contributed by atoms with van der Waals surface area (Å²) >= 11 is 0. The van der Waals surface area contributed by atoms with E-state index in [4.69, 9.17) is 0 Å². The van der Waals surface area contributed by atoms with Crippen LogP contribution in [0.3, 0.4) is 0 Å². The van der Waals surface area contributed by atoms with Crippen LogP contribution in [-0.2, 0) is 4.79 Å². The fourth-order valence-corrected chi connectivity index (χ4v) is 0.958. The summed E-state index contributed by atoms with van der Waals surface area (Å²) in [6.07, 6.45) is 1.71. The van der Waals surface area contributed by atoms with E-state index >= 15 is 0 Å².